The smallest absolute Gasteiger partial charge is 0.171 e. The minimum Gasteiger partial charge on any atom is -0.356 e. The van der Waals surface area contributed by atoms with Gasteiger partial charge in [0.05, 0.1) is 35.9 Å². The molecule has 0 aliphatic carbocycles. The van der Waals surface area contributed by atoms with Crippen molar-refractivity contribution in [3.8, 4) is 0 Å². The molecule has 154 valence electrons. The highest BCUT2D eigenvalue weighted by Crippen LogP contribution is 2.22. The van der Waals surface area contributed by atoms with Crippen molar-refractivity contribution in [3.63, 3.8) is 0 Å². The number of benzene rings is 1. The van der Waals surface area contributed by atoms with Gasteiger partial charge in [0.1, 0.15) is 5.82 Å². The van der Waals surface area contributed by atoms with Crippen LogP contribution in [0.25, 0.3) is 0 Å². The molecule has 0 saturated heterocycles. The van der Waals surface area contributed by atoms with Gasteiger partial charge in [-0.2, -0.15) is 10.2 Å². The summed E-state index contributed by atoms with van der Waals surface area (Å²) in [5.41, 5.74) is 5.96. The molecule has 1 unspecified atom stereocenters. The van der Waals surface area contributed by atoms with Crippen LogP contribution in [0.3, 0.4) is 0 Å². The van der Waals surface area contributed by atoms with E-state index in [0.29, 0.717) is 11.7 Å². The normalized spacial score (nSPS) is 12.1. The maximum absolute atomic E-state index is 13.1. The average Bonchev–Trinajstić information content (AvgIpc) is 3.18. The molecule has 0 spiro atoms. The van der Waals surface area contributed by atoms with Crippen LogP contribution in [0.4, 0.5) is 10.1 Å². The van der Waals surface area contributed by atoms with Crippen LogP contribution in [0.1, 0.15) is 48.1 Å². The molecule has 2 aromatic heterocycles. The Balaban J connectivity index is 1.69. The first kappa shape index (κ1) is 21.0. The molecule has 0 amide bonds. The van der Waals surface area contributed by atoms with Gasteiger partial charge < -0.3 is 10.6 Å². The van der Waals surface area contributed by atoms with E-state index in [0.717, 1.165) is 40.4 Å². The molecular formula is C21H27FN6S. The monoisotopic (exact) mass is 414 g/mol. The number of anilines is 1. The standard InChI is InChI=1S/C21H27FN6S/c1-6-27-15(4)19(11-23-27)13(2)24-21(29)25-20-14(3)26-28(16(20)5)12-17-7-9-18(22)10-8-17/h7-11,13H,6,12H2,1-5H3,(H2,24,25,29). The Labute approximate surface area is 176 Å². The second-order valence-corrected chi connectivity index (χ2v) is 7.56. The minimum absolute atomic E-state index is 0.0326. The first-order chi connectivity index (χ1) is 13.8. The molecule has 2 N–H and O–H groups in total. The zero-order chi connectivity index (χ0) is 21.1. The predicted molar refractivity (Wildman–Crippen MR) is 118 cm³/mol. The molecule has 8 heteroatoms. The van der Waals surface area contributed by atoms with Crippen molar-refractivity contribution >= 4 is 23.0 Å². The molecule has 3 aromatic rings. The lowest BCUT2D eigenvalue weighted by atomic mass is 10.1. The van der Waals surface area contributed by atoms with Crippen LogP contribution in [-0.4, -0.2) is 24.7 Å². The van der Waals surface area contributed by atoms with Crippen LogP contribution in [0.2, 0.25) is 0 Å². The van der Waals surface area contributed by atoms with Gasteiger partial charge in [0.15, 0.2) is 5.11 Å². The molecule has 0 fully saturated rings. The van der Waals surface area contributed by atoms with Gasteiger partial charge >= 0.3 is 0 Å². The Kier molecular flexibility index (Phi) is 6.32. The molecule has 1 aromatic carbocycles. The van der Waals surface area contributed by atoms with Gasteiger partial charge in [0.2, 0.25) is 0 Å². The number of rotatable bonds is 6. The molecule has 0 aliphatic heterocycles. The van der Waals surface area contributed by atoms with Gasteiger partial charge in [-0.05, 0) is 64.5 Å². The first-order valence-electron chi connectivity index (χ1n) is 9.68. The summed E-state index contributed by atoms with van der Waals surface area (Å²) in [4.78, 5) is 0. The van der Waals surface area contributed by atoms with Crippen LogP contribution in [0.5, 0.6) is 0 Å². The summed E-state index contributed by atoms with van der Waals surface area (Å²) >= 11 is 5.54. The largest absolute Gasteiger partial charge is 0.356 e. The fraction of sp³-hybridized carbons (Fsp3) is 0.381. The van der Waals surface area contributed by atoms with Gasteiger partial charge in [-0.25, -0.2) is 4.39 Å². The summed E-state index contributed by atoms with van der Waals surface area (Å²) in [5.74, 6) is -0.241. The molecule has 6 nitrogen and oxygen atoms in total. The molecule has 2 heterocycles. The lowest BCUT2D eigenvalue weighted by molar-refractivity contribution is 0.622. The van der Waals surface area contributed by atoms with E-state index in [9.17, 15) is 4.39 Å². The van der Waals surface area contributed by atoms with E-state index < -0.39 is 0 Å². The fourth-order valence-corrected chi connectivity index (χ4v) is 3.70. The number of aryl methyl sites for hydroxylation is 2. The summed E-state index contributed by atoms with van der Waals surface area (Å²) in [6.45, 7) is 11.5. The number of aromatic nitrogens is 4. The van der Waals surface area contributed by atoms with Crippen LogP contribution in [-0.2, 0) is 13.1 Å². The van der Waals surface area contributed by atoms with Crippen LogP contribution < -0.4 is 10.6 Å². The quantitative estimate of drug-likeness (QED) is 0.590. The molecule has 0 aliphatic rings. The maximum Gasteiger partial charge on any atom is 0.171 e. The SMILES string of the molecule is CCn1ncc(C(C)NC(=S)Nc2c(C)nn(Cc3ccc(F)cc3)c2C)c1C. The molecule has 0 saturated carbocycles. The van der Waals surface area contributed by atoms with Crippen LogP contribution >= 0.6 is 12.2 Å². The van der Waals surface area contributed by atoms with E-state index in [2.05, 4.69) is 41.6 Å². The van der Waals surface area contributed by atoms with Gasteiger partial charge in [0.25, 0.3) is 0 Å². The number of nitrogens with zero attached hydrogens (tertiary/aromatic N) is 4. The predicted octanol–water partition coefficient (Wildman–Crippen LogP) is 4.26. The van der Waals surface area contributed by atoms with Gasteiger partial charge in [-0.1, -0.05) is 12.1 Å². The minimum atomic E-state index is -0.241. The van der Waals surface area contributed by atoms with Crippen molar-refractivity contribution in [2.45, 2.75) is 53.8 Å². The van der Waals surface area contributed by atoms with E-state index in [1.807, 2.05) is 29.4 Å². The first-order valence-corrected chi connectivity index (χ1v) is 10.1. The third-order valence-corrected chi connectivity index (χ3v) is 5.34. The summed E-state index contributed by atoms with van der Waals surface area (Å²) < 4.78 is 17.0. The Bertz CT molecular complexity index is 1010. The van der Waals surface area contributed by atoms with Crippen molar-refractivity contribution in [1.29, 1.82) is 0 Å². The third kappa shape index (κ3) is 4.64. The van der Waals surface area contributed by atoms with E-state index in [1.165, 1.54) is 12.1 Å². The highest BCUT2D eigenvalue weighted by molar-refractivity contribution is 7.80. The molecule has 3 rings (SSSR count). The van der Waals surface area contributed by atoms with E-state index in [-0.39, 0.29) is 11.9 Å². The van der Waals surface area contributed by atoms with E-state index in [1.54, 1.807) is 12.1 Å². The Hall–Kier alpha value is -2.74. The lowest BCUT2D eigenvalue weighted by Gasteiger charge is -2.17. The van der Waals surface area contributed by atoms with Crippen molar-refractivity contribution < 1.29 is 4.39 Å². The Morgan fingerprint density at radius 1 is 1.14 bits per heavy atom. The van der Waals surface area contributed by atoms with Crippen molar-refractivity contribution in [2.24, 2.45) is 0 Å². The zero-order valence-corrected chi connectivity index (χ0v) is 18.3. The second kappa shape index (κ2) is 8.73. The topological polar surface area (TPSA) is 59.7 Å². The highest BCUT2D eigenvalue weighted by atomic mass is 32.1. The van der Waals surface area contributed by atoms with E-state index >= 15 is 0 Å². The third-order valence-electron chi connectivity index (χ3n) is 5.12. The molecular weight excluding hydrogens is 387 g/mol. The molecule has 1 atom stereocenters. The van der Waals surface area contributed by atoms with Crippen molar-refractivity contribution in [2.75, 3.05) is 5.32 Å². The van der Waals surface area contributed by atoms with Gasteiger partial charge in [0, 0.05) is 17.8 Å². The number of hydrogen-bond donors (Lipinski definition) is 2. The second-order valence-electron chi connectivity index (χ2n) is 7.15. The molecule has 0 radical (unpaired) electrons. The van der Waals surface area contributed by atoms with Crippen LogP contribution in [0.15, 0.2) is 30.5 Å². The lowest BCUT2D eigenvalue weighted by Crippen LogP contribution is -2.31. The number of thiocarbonyl (C=S) groups is 1. The summed E-state index contributed by atoms with van der Waals surface area (Å²) in [6, 6.07) is 6.49. The van der Waals surface area contributed by atoms with E-state index in [4.69, 9.17) is 12.2 Å². The zero-order valence-electron chi connectivity index (χ0n) is 17.5. The summed E-state index contributed by atoms with van der Waals surface area (Å²) in [6.07, 6.45) is 1.89. The number of nitrogens with one attached hydrogen (secondary N) is 2. The molecule has 29 heavy (non-hydrogen) atoms. The van der Waals surface area contributed by atoms with Crippen LogP contribution in [0, 0.1) is 26.6 Å². The summed E-state index contributed by atoms with van der Waals surface area (Å²) in [7, 11) is 0. The number of hydrogen-bond acceptors (Lipinski definition) is 3. The Morgan fingerprint density at radius 2 is 1.83 bits per heavy atom. The average molecular weight is 415 g/mol. The van der Waals surface area contributed by atoms with Gasteiger partial charge in [-0.15, -0.1) is 0 Å². The summed E-state index contributed by atoms with van der Waals surface area (Å²) in [5, 5.41) is 16.2. The Morgan fingerprint density at radius 3 is 2.45 bits per heavy atom. The van der Waals surface area contributed by atoms with Gasteiger partial charge in [-0.3, -0.25) is 9.36 Å². The van der Waals surface area contributed by atoms with Crippen molar-refractivity contribution in [1.82, 2.24) is 24.9 Å². The maximum atomic E-state index is 13.1. The molecule has 0 bridgehead atoms. The highest BCUT2D eigenvalue weighted by Gasteiger charge is 2.17. The number of halogens is 1. The fourth-order valence-electron chi connectivity index (χ4n) is 3.42. The van der Waals surface area contributed by atoms with Crippen molar-refractivity contribution in [3.05, 3.63) is 64.5 Å².